The first-order valence-electron chi connectivity index (χ1n) is 4.73. The first-order chi connectivity index (χ1) is 5.42. The Morgan fingerprint density at radius 2 is 2.27 bits per heavy atom. The van der Waals surface area contributed by atoms with Crippen molar-refractivity contribution < 1.29 is 4.74 Å². The quantitative estimate of drug-likeness (QED) is 0.434. The van der Waals surface area contributed by atoms with Crippen molar-refractivity contribution in [1.82, 2.24) is 0 Å². The molecule has 0 aromatic heterocycles. The van der Waals surface area contributed by atoms with Crippen molar-refractivity contribution in [2.75, 3.05) is 6.61 Å². The summed E-state index contributed by atoms with van der Waals surface area (Å²) in [6.45, 7) is 1.03. The molecule has 1 saturated carbocycles. The molecule has 60 valence electrons. The van der Waals surface area contributed by atoms with Crippen LogP contribution in [0.1, 0.15) is 32.1 Å². The van der Waals surface area contributed by atoms with E-state index in [9.17, 15) is 0 Å². The summed E-state index contributed by atoms with van der Waals surface area (Å²) in [6.07, 6.45) is 7.62. The standard InChI is InChI=1S/C10H14O/c1-2-8-3-7(1)4-9(8)5-10-6-11-10/h7,10H,1-6H2. The molecule has 0 aromatic rings. The average molecular weight is 150 g/mol. The highest BCUT2D eigenvalue weighted by Crippen LogP contribution is 2.46. The molecule has 3 aliphatic rings. The van der Waals surface area contributed by atoms with Gasteiger partial charge in [0, 0.05) is 0 Å². The molecule has 1 aliphatic heterocycles. The molecule has 0 spiro atoms. The number of allylic oxidation sites excluding steroid dienone is 1. The van der Waals surface area contributed by atoms with Crippen molar-refractivity contribution in [3.05, 3.63) is 11.1 Å². The molecule has 2 atom stereocenters. The molecule has 11 heavy (non-hydrogen) atoms. The Bertz CT molecular complexity index is 213. The van der Waals surface area contributed by atoms with Crippen LogP contribution in [0.4, 0.5) is 0 Å². The zero-order valence-corrected chi connectivity index (χ0v) is 6.81. The van der Waals surface area contributed by atoms with Gasteiger partial charge in [-0.05, 0) is 38.0 Å². The van der Waals surface area contributed by atoms with Gasteiger partial charge in [-0.15, -0.1) is 0 Å². The van der Waals surface area contributed by atoms with Crippen molar-refractivity contribution in [1.29, 1.82) is 0 Å². The fourth-order valence-electron chi connectivity index (χ4n) is 2.61. The van der Waals surface area contributed by atoms with Gasteiger partial charge in [-0.1, -0.05) is 11.1 Å². The summed E-state index contributed by atoms with van der Waals surface area (Å²) in [5.41, 5.74) is 3.56. The Balaban J connectivity index is 1.75. The molecule has 0 amide bonds. The van der Waals surface area contributed by atoms with Gasteiger partial charge in [-0.25, -0.2) is 0 Å². The van der Waals surface area contributed by atoms with Crippen LogP contribution < -0.4 is 0 Å². The van der Waals surface area contributed by atoms with Crippen LogP contribution in [0.25, 0.3) is 0 Å². The monoisotopic (exact) mass is 150 g/mol. The SMILES string of the molecule is C1CC2CC1=C(CC1CO1)C2. The van der Waals surface area contributed by atoms with Gasteiger partial charge in [-0.3, -0.25) is 0 Å². The summed E-state index contributed by atoms with van der Waals surface area (Å²) in [7, 11) is 0. The summed E-state index contributed by atoms with van der Waals surface area (Å²) < 4.78 is 5.24. The lowest BCUT2D eigenvalue weighted by atomic mass is 9.96. The third kappa shape index (κ3) is 1.02. The van der Waals surface area contributed by atoms with Crippen molar-refractivity contribution in [3.63, 3.8) is 0 Å². The van der Waals surface area contributed by atoms with Gasteiger partial charge in [0.05, 0.1) is 12.7 Å². The molecular weight excluding hydrogens is 136 g/mol. The maximum absolute atomic E-state index is 5.24. The Kier molecular flexibility index (Phi) is 1.19. The highest BCUT2D eigenvalue weighted by atomic mass is 16.6. The zero-order chi connectivity index (χ0) is 7.26. The molecule has 1 nitrogen and oxygen atoms in total. The Labute approximate surface area is 67.4 Å². The van der Waals surface area contributed by atoms with E-state index >= 15 is 0 Å². The highest BCUT2D eigenvalue weighted by molar-refractivity contribution is 5.26. The lowest BCUT2D eigenvalue weighted by Gasteiger charge is -2.09. The van der Waals surface area contributed by atoms with E-state index in [0.717, 1.165) is 12.5 Å². The normalized spacial score (nSPS) is 40.4. The van der Waals surface area contributed by atoms with Crippen molar-refractivity contribution in [3.8, 4) is 0 Å². The van der Waals surface area contributed by atoms with Gasteiger partial charge in [-0.2, -0.15) is 0 Å². The molecule has 2 fully saturated rings. The Hall–Kier alpha value is -0.300. The molecule has 1 heteroatoms. The van der Waals surface area contributed by atoms with E-state index < -0.39 is 0 Å². The first kappa shape index (κ1) is 6.24. The molecule has 0 radical (unpaired) electrons. The minimum absolute atomic E-state index is 0.622. The lowest BCUT2D eigenvalue weighted by Crippen LogP contribution is -1.97. The van der Waals surface area contributed by atoms with E-state index in [-0.39, 0.29) is 0 Å². The Morgan fingerprint density at radius 3 is 2.82 bits per heavy atom. The van der Waals surface area contributed by atoms with Crippen molar-refractivity contribution >= 4 is 0 Å². The minimum Gasteiger partial charge on any atom is -0.373 e. The number of hydrogen-bond donors (Lipinski definition) is 0. The van der Waals surface area contributed by atoms with Gasteiger partial charge in [0.25, 0.3) is 0 Å². The summed E-state index contributed by atoms with van der Waals surface area (Å²) in [4.78, 5) is 0. The topological polar surface area (TPSA) is 12.5 Å². The van der Waals surface area contributed by atoms with Crippen LogP contribution in [-0.2, 0) is 4.74 Å². The van der Waals surface area contributed by atoms with Crippen molar-refractivity contribution in [2.45, 2.75) is 38.2 Å². The molecule has 0 N–H and O–H groups in total. The van der Waals surface area contributed by atoms with E-state index in [2.05, 4.69) is 0 Å². The van der Waals surface area contributed by atoms with E-state index in [0.29, 0.717) is 6.10 Å². The van der Waals surface area contributed by atoms with Gasteiger partial charge < -0.3 is 4.74 Å². The molecule has 2 unspecified atom stereocenters. The smallest absolute Gasteiger partial charge is 0.0847 e. The van der Waals surface area contributed by atoms with E-state index in [1.54, 1.807) is 11.1 Å². The first-order valence-corrected chi connectivity index (χ1v) is 4.73. The van der Waals surface area contributed by atoms with Crippen LogP contribution in [0, 0.1) is 5.92 Å². The van der Waals surface area contributed by atoms with E-state index in [1.165, 1.54) is 32.1 Å². The molecule has 3 rings (SSSR count). The second-order valence-electron chi connectivity index (χ2n) is 4.18. The second kappa shape index (κ2) is 2.10. The van der Waals surface area contributed by atoms with Gasteiger partial charge >= 0.3 is 0 Å². The molecule has 2 aliphatic carbocycles. The lowest BCUT2D eigenvalue weighted by molar-refractivity contribution is 0.402. The number of fused-ring (bicyclic) bond motifs is 2. The second-order valence-corrected chi connectivity index (χ2v) is 4.18. The van der Waals surface area contributed by atoms with Crippen LogP contribution in [0.5, 0.6) is 0 Å². The van der Waals surface area contributed by atoms with Crippen LogP contribution in [0.3, 0.4) is 0 Å². The largest absolute Gasteiger partial charge is 0.373 e. The van der Waals surface area contributed by atoms with Gasteiger partial charge in [0.15, 0.2) is 0 Å². The summed E-state index contributed by atoms with van der Waals surface area (Å²) in [6, 6.07) is 0. The molecule has 2 bridgehead atoms. The highest BCUT2D eigenvalue weighted by Gasteiger charge is 2.33. The summed E-state index contributed by atoms with van der Waals surface area (Å²) in [5, 5.41) is 0. The van der Waals surface area contributed by atoms with E-state index in [1.807, 2.05) is 0 Å². The third-order valence-electron chi connectivity index (χ3n) is 3.30. The predicted molar refractivity (Wildman–Crippen MR) is 43.3 cm³/mol. The van der Waals surface area contributed by atoms with Crippen LogP contribution in [-0.4, -0.2) is 12.7 Å². The fourth-order valence-corrected chi connectivity index (χ4v) is 2.61. The molecule has 0 aromatic carbocycles. The number of rotatable bonds is 2. The minimum atomic E-state index is 0.622. The number of hydrogen-bond acceptors (Lipinski definition) is 1. The maximum Gasteiger partial charge on any atom is 0.0847 e. The zero-order valence-electron chi connectivity index (χ0n) is 6.81. The van der Waals surface area contributed by atoms with E-state index in [4.69, 9.17) is 4.74 Å². The average Bonchev–Trinajstić information content (AvgIpc) is 2.61. The molecule has 1 saturated heterocycles. The Morgan fingerprint density at radius 1 is 1.36 bits per heavy atom. The summed E-state index contributed by atoms with van der Waals surface area (Å²) in [5.74, 6) is 1.04. The maximum atomic E-state index is 5.24. The number of epoxide rings is 1. The van der Waals surface area contributed by atoms with Gasteiger partial charge in [0.1, 0.15) is 0 Å². The van der Waals surface area contributed by atoms with Crippen molar-refractivity contribution in [2.24, 2.45) is 5.92 Å². The van der Waals surface area contributed by atoms with Crippen LogP contribution in [0.2, 0.25) is 0 Å². The summed E-state index contributed by atoms with van der Waals surface area (Å²) >= 11 is 0. The fraction of sp³-hybridized carbons (Fsp3) is 0.800. The molecular formula is C10H14O. The molecule has 1 heterocycles. The van der Waals surface area contributed by atoms with Crippen LogP contribution >= 0.6 is 0 Å². The van der Waals surface area contributed by atoms with Crippen LogP contribution in [0.15, 0.2) is 11.1 Å². The predicted octanol–water partition coefficient (Wildman–Crippen LogP) is 2.28. The van der Waals surface area contributed by atoms with Gasteiger partial charge in [0.2, 0.25) is 0 Å². The third-order valence-corrected chi connectivity index (χ3v) is 3.30. The number of ether oxygens (including phenoxy) is 1.